The molecule has 0 saturated carbocycles. The second-order valence-electron chi connectivity index (χ2n) is 4.60. The lowest BCUT2D eigenvalue weighted by molar-refractivity contribution is 0.0696. The molecule has 0 fully saturated rings. The third-order valence-electron chi connectivity index (χ3n) is 3.20. The topological polar surface area (TPSA) is 35.2 Å². The highest BCUT2D eigenvalue weighted by Gasteiger charge is 2.15. The van der Waals surface area contributed by atoms with Gasteiger partial charge in [0.05, 0.1) is 6.10 Å². The molecule has 1 aromatic rings. The first-order chi connectivity index (χ1) is 8.27. The summed E-state index contributed by atoms with van der Waals surface area (Å²) in [5, 5.41) is 0. The summed E-state index contributed by atoms with van der Waals surface area (Å²) in [5.41, 5.74) is 7.55. The second-order valence-corrected chi connectivity index (χ2v) is 4.60. The molecule has 0 heterocycles. The average molecular weight is 235 g/mol. The van der Waals surface area contributed by atoms with Crippen molar-refractivity contribution in [2.24, 2.45) is 5.73 Å². The Kier molecular flexibility index (Phi) is 6.90. The van der Waals surface area contributed by atoms with Crippen LogP contribution in [0.25, 0.3) is 0 Å². The molecular weight excluding hydrogens is 210 g/mol. The molecule has 0 amide bonds. The Labute approximate surface area is 105 Å². The average Bonchev–Trinajstić information content (AvgIpc) is 2.37. The van der Waals surface area contributed by atoms with Crippen molar-refractivity contribution >= 4 is 0 Å². The zero-order valence-electron chi connectivity index (χ0n) is 11.1. The van der Waals surface area contributed by atoms with E-state index >= 15 is 0 Å². The molecule has 2 unspecified atom stereocenters. The molecule has 0 spiro atoms. The molecule has 0 bridgehead atoms. The number of benzene rings is 1. The van der Waals surface area contributed by atoms with E-state index in [4.69, 9.17) is 10.5 Å². The molecule has 0 aliphatic rings. The van der Waals surface area contributed by atoms with Gasteiger partial charge in [-0.15, -0.1) is 0 Å². The van der Waals surface area contributed by atoms with E-state index in [0.29, 0.717) is 0 Å². The molecule has 1 aromatic carbocycles. The Morgan fingerprint density at radius 3 is 2.47 bits per heavy atom. The molecule has 96 valence electrons. The van der Waals surface area contributed by atoms with Gasteiger partial charge in [-0.25, -0.2) is 0 Å². The quantitative estimate of drug-likeness (QED) is 0.751. The van der Waals surface area contributed by atoms with Crippen LogP contribution in [0, 0.1) is 0 Å². The van der Waals surface area contributed by atoms with Crippen molar-refractivity contribution in [2.45, 2.75) is 51.2 Å². The Morgan fingerprint density at radius 2 is 1.88 bits per heavy atom. The highest BCUT2D eigenvalue weighted by molar-refractivity contribution is 5.14. The van der Waals surface area contributed by atoms with Gasteiger partial charge < -0.3 is 10.5 Å². The molecule has 17 heavy (non-hydrogen) atoms. The van der Waals surface area contributed by atoms with Crippen LogP contribution in [0.4, 0.5) is 0 Å². The molecule has 2 N–H and O–H groups in total. The van der Waals surface area contributed by atoms with Crippen LogP contribution in [-0.2, 0) is 11.2 Å². The van der Waals surface area contributed by atoms with Crippen molar-refractivity contribution < 1.29 is 4.74 Å². The molecule has 0 aliphatic carbocycles. The van der Waals surface area contributed by atoms with Crippen LogP contribution in [0.3, 0.4) is 0 Å². The molecule has 2 atom stereocenters. The van der Waals surface area contributed by atoms with Crippen molar-refractivity contribution in [3.05, 3.63) is 35.9 Å². The largest absolute Gasteiger partial charge is 0.380 e. The zero-order chi connectivity index (χ0) is 12.5. The molecule has 1 rings (SSSR count). The Bertz CT molecular complexity index is 286. The molecule has 0 aliphatic heterocycles. The Morgan fingerprint density at radius 1 is 1.18 bits per heavy atom. The van der Waals surface area contributed by atoms with Gasteiger partial charge in [-0.05, 0) is 31.2 Å². The normalized spacial score (nSPS) is 14.5. The van der Waals surface area contributed by atoms with E-state index in [0.717, 1.165) is 32.1 Å². The van der Waals surface area contributed by atoms with E-state index in [1.54, 1.807) is 7.11 Å². The minimum Gasteiger partial charge on any atom is -0.380 e. The van der Waals surface area contributed by atoms with Gasteiger partial charge in [-0.1, -0.05) is 43.7 Å². The fourth-order valence-corrected chi connectivity index (χ4v) is 2.16. The third kappa shape index (κ3) is 5.33. The first-order valence-corrected chi connectivity index (χ1v) is 6.60. The SMILES string of the molecule is CCCC(OC)C(N)CCCc1ccccc1. The monoisotopic (exact) mass is 235 g/mol. The number of methoxy groups -OCH3 is 1. The zero-order valence-corrected chi connectivity index (χ0v) is 11.1. The van der Waals surface area contributed by atoms with Crippen molar-refractivity contribution in [3.8, 4) is 0 Å². The predicted molar refractivity (Wildman–Crippen MR) is 73.1 cm³/mol. The molecule has 0 radical (unpaired) electrons. The van der Waals surface area contributed by atoms with E-state index in [1.165, 1.54) is 5.56 Å². The van der Waals surface area contributed by atoms with Gasteiger partial charge in [-0.2, -0.15) is 0 Å². The number of hydrogen-bond acceptors (Lipinski definition) is 2. The third-order valence-corrected chi connectivity index (χ3v) is 3.20. The molecule has 2 nitrogen and oxygen atoms in total. The predicted octanol–water partition coefficient (Wildman–Crippen LogP) is 3.15. The first-order valence-electron chi connectivity index (χ1n) is 6.60. The highest BCUT2D eigenvalue weighted by Crippen LogP contribution is 2.12. The number of aryl methyl sites for hydroxylation is 1. The van der Waals surface area contributed by atoms with Gasteiger partial charge in [0.2, 0.25) is 0 Å². The fraction of sp³-hybridized carbons (Fsp3) is 0.600. The molecule has 0 aromatic heterocycles. The summed E-state index contributed by atoms with van der Waals surface area (Å²) < 4.78 is 5.43. The first kappa shape index (κ1) is 14.2. The van der Waals surface area contributed by atoms with Gasteiger partial charge in [0.1, 0.15) is 0 Å². The molecule has 0 saturated heterocycles. The minimum absolute atomic E-state index is 0.170. The van der Waals surface area contributed by atoms with Crippen molar-refractivity contribution in [1.29, 1.82) is 0 Å². The van der Waals surface area contributed by atoms with Crippen molar-refractivity contribution in [3.63, 3.8) is 0 Å². The van der Waals surface area contributed by atoms with E-state index in [2.05, 4.69) is 37.3 Å². The summed E-state index contributed by atoms with van der Waals surface area (Å²) in [5.74, 6) is 0. The Balaban J connectivity index is 2.25. The van der Waals surface area contributed by atoms with Crippen LogP contribution in [0.2, 0.25) is 0 Å². The standard InChI is InChI=1S/C15H25NO/c1-3-8-15(17-2)14(16)12-7-11-13-9-5-4-6-10-13/h4-6,9-10,14-15H,3,7-8,11-12,16H2,1-2H3. The highest BCUT2D eigenvalue weighted by atomic mass is 16.5. The van der Waals surface area contributed by atoms with Crippen molar-refractivity contribution in [1.82, 2.24) is 0 Å². The lowest BCUT2D eigenvalue weighted by atomic mass is 9.99. The van der Waals surface area contributed by atoms with Gasteiger partial charge in [-0.3, -0.25) is 0 Å². The molecule has 2 heteroatoms. The van der Waals surface area contributed by atoms with Gasteiger partial charge in [0.25, 0.3) is 0 Å². The summed E-state index contributed by atoms with van der Waals surface area (Å²) in [6.07, 6.45) is 5.68. The van der Waals surface area contributed by atoms with E-state index < -0.39 is 0 Å². The fourth-order valence-electron chi connectivity index (χ4n) is 2.16. The number of hydrogen-bond donors (Lipinski definition) is 1. The number of rotatable bonds is 8. The van der Waals surface area contributed by atoms with Crippen LogP contribution in [-0.4, -0.2) is 19.3 Å². The summed E-state index contributed by atoms with van der Waals surface area (Å²) in [4.78, 5) is 0. The lowest BCUT2D eigenvalue weighted by Gasteiger charge is -2.22. The number of ether oxygens (including phenoxy) is 1. The van der Waals surface area contributed by atoms with Gasteiger partial charge >= 0.3 is 0 Å². The second kappa shape index (κ2) is 8.26. The maximum Gasteiger partial charge on any atom is 0.0722 e. The van der Waals surface area contributed by atoms with Crippen molar-refractivity contribution in [2.75, 3.05) is 7.11 Å². The smallest absolute Gasteiger partial charge is 0.0722 e. The maximum atomic E-state index is 6.15. The summed E-state index contributed by atoms with van der Waals surface area (Å²) in [6.45, 7) is 2.17. The summed E-state index contributed by atoms with van der Waals surface area (Å²) >= 11 is 0. The van der Waals surface area contributed by atoms with Crippen LogP contribution in [0.5, 0.6) is 0 Å². The minimum atomic E-state index is 0.170. The Hall–Kier alpha value is -0.860. The number of nitrogens with two attached hydrogens (primary N) is 1. The maximum absolute atomic E-state index is 6.15. The molecular formula is C15H25NO. The van der Waals surface area contributed by atoms with Crippen LogP contribution >= 0.6 is 0 Å². The summed E-state index contributed by atoms with van der Waals surface area (Å²) in [6, 6.07) is 10.7. The van der Waals surface area contributed by atoms with Gasteiger partial charge in [0, 0.05) is 13.2 Å². The van der Waals surface area contributed by atoms with Crippen LogP contribution in [0.15, 0.2) is 30.3 Å². The van der Waals surface area contributed by atoms with E-state index in [9.17, 15) is 0 Å². The van der Waals surface area contributed by atoms with Gasteiger partial charge in [0.15, 0.2) is 0 Å². The lowest BCUT2D eigenvalue weighted by Crippen LogP contribution is -2.36. The van der Waals surface area contributed by atoms with Crippen LogP contribution in [0.1, 0.15) is 38.2 Å². The van der Waals surface area contributed by atoms with E-state index in [-0.39, 0.29) is 12.1 Å². The van der Waals surface area contributed by atoms with Crippen LogP contribution < -0.4 is 5.73 Å². The summed E-state index contributed by atoms with van der Waals surface area (Å²) in [7, 11) is 1.76. The van der Waals surface area contributed by atoms with E-state index in [1.807, 2.05) is 0 Å².